The number of rotatable bonds is 7. The molecule has 1 aliphatic rings. The maximum absolute atomic E-state index is 12.3. The van der Waals surface area contributed by atoms with Crippen molar-refractivity contribution < 1.29 is 4.79 Å². The average Bonchev–Trinajstić information content (AvgIpc) is 2.96. The minimum Gasteiger partial charge on any atom is -0.351 e. The van der Waals surface area contributed by atoms with Crippen molar-refractivity contribution in [2.24, 2.45) is 10.2 Å². The maximum Gasteiger partial charge on any atom is 0.263 e. The molecular formula is C15H16N6OS. The molecule has 2 aromatic heterocycles. The van der Waals surface area contributed by atoms with Gasteiger partial charge in [-0.2, -0.15) is 10.2 Å². The van der Waals surface area contributed by atoms with Crippen LogP contribution in [0.1, 0.15) is 34.6 Å². The predicted molar refractivity (Wildman–Crippen MR) is 87.0 cm³/mol. The second kappa shape index (κ2) is 6.30. The lowest BCUT2D eigenvalue weighted by molar-refractivity contribution is 0.0955. The summed E-state index contributed by atoms with van der Waals surface area (Å²) in [4.78, 5) is 24.4. The van der Waals surface area contributed by atoms with Crippen LogP contribution in [-0.4, -0.2) is 33.1 Å². The molecule has 1 amide bonds. The molecule has 2 aromatic rings. The van der Waals surface area contributed by atoms with Crippen LogP contribution in [0.4, 0.5) is 0 Å². The molecule has 3 heterocycles. The lowest BCUT2D eigenvalue weighted by atomic mass is 10.0. The number of terminal acetylenes is 1. The van der Waals surface area contributed by atoms with E-state index in [1.165, 1.54) is 11.3 Å². The Morgan fingerprint density at radius 2 is 2.30 bits per heavy atom. The lowest BCUT2D eigenvalue weighted by Crippen LogP contribution is -2.28. The van der Waals surface area contributed by atoms with Gasteiger partial charge < -0.3 is 10.3 Å². The first-order valence-corrected chi connectivity index (χ1v) is 8.08. The van der Waals surface area contributed by atoms with E-state index in [4.69, 9.17) is 6.42 Å². The van der Waals surface area contributed by atoms with E-state index in [0.29, 0.717) is 40.8 Å². The van der Waals surface area contributed by atoms with Gasteiger partial charge in [-0.25, -0.2) is 9.97 Å². The van der Waals surface area contributed by atoms with Crippen molar-refractivity contribution in [1.29, 1.82) is 0 Å². The topological polar surface area (TPSA) is 95.4 Å². The molecule has 8 heteroatoms. The number of aryl methyl sites for hydroxylation is 1. The summed E-state index contributed by atoms with van der Waals surface area (Å²) in [5.74, 6) is 3.12. The summed E-state index contributed by atoms with van der Waals surface area (Å²) in [6, 6.07) is 0. The highest BCUT2D eigenvalue weighted by Gasteiger charge is 2.38. The second-order valence-electron chi connectivity index (χ2n) is 5.26. The fourth-order valence-corrected chi connectivity index (χ4v) is 3.16. The third kappa shape index (κ3) is 3.46. The van der Waals surface area contributed by atoms with Crippen LogP contribution >= 0.6 is 11.3 Å². The molecule has 0 bridgehead atoms. The van der Waals surface area contributed by atoms with Gasteiger partial charge in [0.1, 0.15) is 4.88 Å². The van der Waals surface area contributed by atoms with Gasteiger partial charge in [-0.05, 0) is 6.92 Å². The van der Waals surface area contributed by atoms with Gasteiger partial charge in [0.15, 0.2) is 16.5 Å². The number of aromatic nitrogens is 3. The Labute approximate surface area is 137 Å². The highest BCUT2D eigenvalue weighted by molar-refractivity contribution is 7.17. The summed E-state index contributed by atoms with van der Waals surface area (Å²) in [7, 11) is 0. The molecule has 23 heavy (non-hydrogen) atoms. The van der Waals surface area contributed by atoms with Gasteiger partial charge in [-0.1, -0.05) is 0 Å². The lowest BCUT2D eigenvalue weighted by Gasteiger charge is -2.09. The standard InChI is InChI=1S/C15H16N6OS/c1-3-4-5-15(20-21-15)6-7-18-13(22)11-10(2)19-14(23-11)12-16-8-9-17-12/h1,8-9H,4-7H2,2H3,(H,16,17)(H,18,22). The predicted octanol–water partition coefficient (Wildman–Crippen LogP) is 2.54. The van der Waals surface area contributed by atoms with Crippen molar-refractivity contribution in [3.63, 3.8) is 0 Å². The van der Waals surface area contributed by atoms with E-state index >= 15 is 0 Å². The SMILES string of the molecule is C#CCCC1(CCNC(=O)c2sc(-c3ncc[nH]3)nc2C)N=N1. The molecule has 0 saturated carbocycles. The van der Waals surface area contributed by atoms with Gasteiger partial charge >= 0.3 is 0 Å². The Morgan fingerprint density at radius 3 is 2.96 bits per heavy atom. The van der Waals surface area contributed by atoms with E-state index in [2.05, 4.69) is 36.4 Å². The zero-order valence-electron chi connectivity index (χ0n) is 12.7. The molecule has 0 fully saturated rings. The van der Waals surface area contributed by atoms with Gasteiger partial charge in [0.25, 0.3) is 5.91 Å². The van der Waals surface area contributed by atoms with Gasteiger partial charge in [-0.3, -0.25) is 4.79 Å². The number of hydrogen-bond acceptors (Lipinski definition) is 6. The van der Waals surface area contributed by atoms with Gasteiger partial charge in [0.05, 0.1) is 5.69 Å². The van der Waals surface area contributed by atoms with Crippen molar-refractivity contribution in [2.45, 2.75) is 31.8 Å². The maximum atomic E-state index is 12.3. The zero-order chi connectivity index (χ0) is 16.3. The van der Waals surface area contributed by atoms with Gasteiger partial charge in [0.2, 0.25) is 0 Å². The summed E-state index contributed by atoms with van der Waals surface area (Å²) < 4.78 is 0. The largest absolute Gasteiger partial charge is 0.351 e. The summed E-state index contributed by atoms with van der Waals surface area (Å²) in [6.07, 6.45) is 10.7. The molecule has 0 unspecified atom stereocenters. The minimum absolute atomic E-state index is 0.134. The normalized spacial score (nSPS) is 14.4. The average molecular weight is 328 g/mol. The van der Waals surface area contributed by atoms with E-state index in [-0.39, 0.29) is 11.6 Å². The van der Waals surface area contributed by atoms with E-state index in [1.54, 1.807) is 12.4 Å². The van der Waals surface area contributed by atoms with E-state index in [9.17, 15) is 4.79 Å². The molecule has 0 radical (unpaired) electrons. The number of amides is 1. The number of aromatic amines is 1. The van der Waals surface area contributed by atoms with Crippen LogP contribution in [0.15, 0.2) is 22.6 Å². The van der Waals surface area contributed by atoms with Crippen molar-refractivity contribution in [3.8, 4) is 23.2 Å². The number of hydrogen-bond donors (Lipinski definition) is 2. The second-order valence-corrected chi connectivity index (χ2v) is 6.26. The zero-order valence-corrected chi connectivity index (χ0v) is 13.5. The molecule has 0 saturated heterocycles. The smallest absolute Gasteiger partial charge is 0.263 e. The Kier molecular flexibility index (Phi) is 4.21. The molecule has 1 aliphatic heterocycles. The number of nitrogens with zero attached hydrogens (tertiary/aromatic N) is 4. The van der Waals surface area contributed by atoms with Crippen LogP contribution in [-0.2, 0) is 0 Å². The molecule has 0 atom stereocenters. The Morgan fingerprint density at radius 1 is 1.48 bits per heavy atom. The monoisotopic (exact) mass is 328 g/mol. The van der Waals surface area contributed by atoms with Crippen LogP contribution in [0.5, 0.6) is 0 Å². The van der Waals surface area contributed by atoms with Crippen LogP contribution < -0.4 is 5.32 Å². The number of carbonyl (C=O) groups excluding carboxylic acids is 1. The van der Waals surface area contributed by atoms with Crippen LogP contribution in [0.25, 0.3) is 10.8 Å². The van der Waals surface area contributed by atoms with Crippen molar-refractivity contribution in [3.05, 3.63) is 23.0 Å². The van der Waals surface area contributed by atoms with Crippen molar-refractivity contribution in [1.82, 2.24) is 20.3 Å². The quantitative estimate of drug-likeness (QED) is 0.765. The number of H-pyrrole nitrogens is 1. The van der Waals surface area contributed by atoms with Crippen LogP contribution in [0, 0.1) is 19.3 Å². The molecule has 118 valence electrons. The van der Waals surface area contributed by atoms with Gasteiger partial charge in [-0.15, -0.1) is 23.7 Å². The molecule has 0 aromatic carbocycles. The van der Waals surface area contributed by atoms with Crippen LogP contribution in [0.3, 0.4) is 0 Å². The summed E-state index contributed by atoms with van der Waals surface area (Å²) >= 11 is 1.32. The molecule has 2 N–H and O–H groups in total. The fourth-order valence-electron chi connectivity index (χ4n) is 2.22. The number of nitrogens with one attached hydrogen (secondary N) is 2. The number of imidazole rings is 1. The number of thiazole rings is 1. The van der Waals surface area contributed by atoms with Crippen LogP contribution in [0.2, 0.25) is 0 Å². The first-order valence-electron chi connectivity index (χ1n) is 7.26. The van der Waals surface area contributed by atoms with E-state index in [0.717, 1.165) is 6.42 Å². The Hall–Kier alpha value is -2.53. The van der Waals surface area contributed by atoms with E-state index in [1.807, 2.05) is 6.92 Å². The highest BCUT2D eigenvalue weighted by Crippen LogP contribution is 2.36. The first kappa shape index (κ1) is 15.4. The minimum atomic E-state index is -0.373. The summed E-state index contributed by atoms with van der Waals surface area (Å²) in [6.45, 7) is 2.32. The Bertz CT molecular complexity index is 764. The third-order valence-electron chi connectivity index (χ3n) is 3.57. The number of carbonyl (C=O) groups is 1. The summed E-state index contributed by atoms with van der Waals surface area (Å²) in [5.41, 5.74) is 0.323. The third-order valence-corrected chi connectivity index (χ3v) is 4.73. The molecule has 0 spiro atoms. The first-order chi connectivity index (χ1) is 11.1. The molecule has 7 nitrogen and oxygen atoms in total. The van der Waals surface area contributed by atoms with Crippen molar-refractivity contribution >= 4 is 17.2 Å². The molecular weight excluding hydrogens is 312 g/mol. The molecule has 0 aliphatic carbocycles. The summed E-state index contributed by atoms with van der Waals surface area (Å²) in [5, 5.41) is 11.7. The highest BCUT2D eigenvalue weighted by atomic mass is 32.1. The van der Waals surface area contributed by atoms with Gasteiger partial charge in [0, 0.05) is 38.2 Å². The van der Waals surface area contributed by atoms with Crippen molar-refractivity contribution in [2.75, 3.05) is 6.54 Å². The molecule has 3 rings (SSSR count). The fraction of sp³-hybridized carbons (Fsp3) is 0.400. The van der Waals surface area contributed by atoms with E-state index < -0.39 is 0 Å². The Balaban J connectivity index is 1.56.